The highest BCUT2D eigenvalue weighted by Gasteiger charge is 1.96. The lowest BCUT2D eigenvalue weighted by Gasteiger charge is -2.05. The van der Waals surface area contributed by atoms with Gasteiger partial charge >= 0.3 is 0 Å². The first kappa shape index (κ1) is 12.6. The standard InChI is InChI=1S/C7H18N2.CH4/c1-6(8)4-3-5-7(2)9;/h6-7H,3-5,8-9H2,1-2H3;1H4. The monoisotopic (exact) mass is 146 g/mol. The number of rotatable bonds is 4. The van der Waals surface area contributed by atoms with Crippen LogP contribution in [0.1, 0.15) is 40.5 Å². The van der Waals surface area contributed by atoms with Crippen LogP contribution in [-0.4, -0.2) is 12.1 Å². The van der Waals surface area contributed by atoms with Crippen LogP contribution in [0.3, 0.4) is 0 Å². The van der Waals surface area contributed by atoms with Gasteiger partial charge in [-0.15, -0.1) is 0 Å². The highest BCUT2D eigenvalue weighted by molar-refractivity contribution is 4.57. The second-order valence-corrected chi connectivity index (χ2v) is 2.89. The molecule has 0 heterocycles. The number of nitrogens with two attached hydrogens (primary N) is 2. The summed E-state index contributed by atoms with van der Waals surface area (Å²) in [5, 5.41) is 0. The summed E-state index contributed by atoms with van der Waals surface area (Å²) in [5.41, 5.74) is 11.1. The van der Waals surface area contributed by atoms with E-state index >= 15 is 0 Å². The van der Waals surface area contributed by atoms with Crippen molar-refractivity contribution in [2.75, 3.05) is 0 Å². The Morgan fingerprint density at radius 3 is 1.50 bits per heavy atom. The molecular formula is C8H22N2. The van der Waals surface area contributed by atoms with Crippen LogP contribution in [0.15, 0.2) is 0 Å². The summed E-state index contributed by atoms with van der Waals surface area (Å²) in [4.78, 5) is 0. The summed E-state index contributed by atoms with van der Waals surface area (Å²) in [6.07, 6.45) is 3.36. The molecule has 0 spiro atoms. The fraction of sp³-hybridized carbons (Fsp3) is 1.00. The normalized spacial score (nSPS) is 15.6. The van der Waals surface area contributed by atoms with E-state index in [4.69, 9.17) is 11.5 Å². The van der Waals surface area contributed by atoms with Gasteiger partial charge in [-0.25, -0.2) is 0 Å². The van der Waals surface area contributed by atoms with Crippen molar-refractivity contribution in [2.24, 2.45) is 11.5 Å². The molecule has 0 bridgehead atoms. The van der Waals surface area contributed by atoms with Crippen LogP contribution in [0.25, 0.3) is 0 Å². The lowest BCUT2D eigenvalue weighted by atomic mass is 10.1. The second kappa shape index (κ2) is 7.03. The third kappa shape index (κ3) is 10.8. The maximum atomic E-state index is 5.54. The zero-order chi connectivity index (χ0) is 7.28. The first-order chi connectivity index (χ1) is 4.13. The molecule has 2 atom stereocenters. The Kier molecular flexibility index (Phi) is 8.85. The smallest absolute Gasteiger partial charge is 0.00104 e. The van der Waals surface area contributed by atoms with Gasteiger partial charge in [-0.3, -0.25) is 0 Å². The van der Waals surface area contributed by atoms with Crippen molar-refractivity contribution in [1.29, 1.82) is 0 Å². The van der Waals surface area contributed by atoms with Crippen LogP contribution < -0.4 is 11.5 Å². The van der Waals surface area contributed by atoms with E-state index in [2.05, 4.69) is 0 Å². The second-order valence-electron chi connectivity index (χ2n) is 2.89. The van der Waals surface area contributed by atoms with Crippen LogP contribution in [0.4, 0.5) is 0 Å². The first-order valence-corrected chi connectivity index (χ1v) is 3.64. The molecule has 0 aliphatic rings. The van der Waals surface area contributed by atoms with E-state index in [1.807, 2.05) is 13.8 Å². The fourth-order valence-corrected chi connectivity index (χ4v) is 0.762. The van der Waals surface area contributed by atoms with Crippen molar-refractivity contribution in [3.05, 3.63) is 0 Å². The summed E-state index contributed by atoms with van der Waals surface area (Å²) in [6.45, 7) is 4.06. The first-order valence-electron chi connectivity index (χ1n) is 3.64. The van der Waals surface area contributed by atoms with E-state index in [9.17, 15) is 0 Å². The quantitative estimate of drug-likeness (QED) is 0.631. The lowest BCUT2D eigenvalue weighted by molar-refractivity contribution is 0.554. The molecule has 0 aliphatic heterocycles. The Morgan fingerprint density at radius 1 is 1.00 bits per heavy atom. The molecular weight excluding hydrogens is 124 g/mol. The van der Waals surface area contributed by atoms with Crippen molar-refractivity contribution in [1.82, 2.24) is 0 Å². The van der Waals surface area contributed by atoms with Crippen LogP contribution in [0.5, 0.6) is 0 Å². The van der Waals surface area contributed by atoms with E-state index in [1.54, 1.807) is 0 Å². The molecule has 4 N–H and O–H groups in total. The van der Waals surface area contributed by atoms with Crippen LogP contribution in [-0.2, 0) is 0 Å². The third-order valence-electron chi connectivity index (χ3n) is 1.32. The molecule has 0 aromatic rings. The van der Waals surface area contributed by atoms with Gasteiger partial charge in [-0.1, -0.05) is 13.8 Å². The predicted octanol–water partition coefficient (Wildman–Crippen LogP) is 1.49. The Labute approximate surface area is 65.0 Å². The molecule has 0 saturated heterocycles. The summed E-state index contributed by atoms with van der Waals surface area (Å²) in [7, 11) is 0. The minimum Gasteiger partial charge on any atom is -0.328 e. The van der Waals surface area contributed by atoms with Crippen molar-refractivity contribution < 1.29 is 0 Å². The molecule has 2 unspecified atom stereocenters. The van der Waals surface area contributed by atoms with Gasteiger partial charge < -0.3 is 11.5 Å². The maximum Gasteiger partial charge on any atom is 0.00104 e. The predicted molar refractivity (Wildman–Crippen MR) is 47.9 cm³/mol. The van der Waals surface area contributed by atoms with E-state index in [0.717, 1.165) is 19.3 Å². The van der Waals surface area contributed by atoms with E-state index in [1.165, 1.54) is 0 Å². The zero-order valence-corrected chi connectivity index (χ0v) is 6.43. The van der Waals surface area contributed by atoms with Gasteiger partial charge in [0.15, 0.2) is 0 Å². The van der Waals surface area contributed by atoms with Gasteiger partial charge in [0.25, 0.3) is 0 Å². The molecule has 0 amide bonds. The SMILES string of the molecule is C.CC(N)CCCC(C)N. The molecule has 2 nitrogen and oxygen atoms in total. The molecule has 0 aliphatic carbocycles. The molecule has 0 saturated carbocycles. The number of hydrogen-bond acceptors (Lipinski definition) is 2. The molecule has 0 aromatic carbocycles. The summed E-state index contributed by atoms with van der Waals surface area (Å²) in [6, 6.07) is 0.674. The van der Waals surface area contributed by atoms with E-state index in [0.29, 0.717) is 12.1 Å². The van der Waals surface area contributed by atoms with Gasteiger partial charge in [0.05, 0.1) is 0 Å². The van der Waals surface area contributed by atoms with Gasteiger partial charge in [0, 0.05) is 12.1 Å². The molecule has 0 radical (unpaired) electrons. The molecule has 0 aromatic heterocycles. The van der Waals surface area contributed by atoms with Crippen molar-refractivity contribution >= 4 is 0 Å². The summed E-state index contributed by atoms with van der Waals surface area (Å²) in [5.74, 6) is 0. The molecule has 0 rings (SSSR count). The Hall–Kier alpha value is -0.0800. The highest BCUT2D eigenvalue weighted by Crippen LogP contribution is 1.99. The van der Waals surface area contributed by atoms with Gasteiger partial charge in [-0.2, -0.15) is 0 Å². The fourth-order valence-electron chi connectivity index (χ4n) is 0.762. The minimum atomic E-state index is 0. The lowest BCUT2D eigenvalue weighted by Crippen LogP contribution is -2.18. The Morgan fingerprint density at radius 2 is 1.30 bits per heavy atom. The molecule has 10 heavy (non-hydrogen) atoms. The highest BCUT2D eigenvalue weighted by atomic mass is 14.6. The average molecular weight is 146 g/mol. The minimum absolute atomic E-state index is 0. The van der Waals surface area contributed by atoms with Crippen molar-refractivity contribution in [3.8, 4) is 0 Å². The average Bonchev–Trinajstić information content (AvgIpc) is 1.63. The Bertz CT molecular complexity index is 52.3. The largest absolute Gasteiger partial charge is 0.328 e. The third-order valence-corrected chi connectivity index (χ3v) is 1.32. The molecule has 64 valence electrons. The van der Waals surface area contributed by atoms with E-state index in [-0.39, 0.29) is 7.43 Å². The van der Waals surface area contributed by atoms with Crippen LogP contribution in [0.2, 0.25) is 0 Å². The van der Waals surface area contributed by atoms with Crippen molar-refractivity contribution in [2.45, 2.75) is 52.6 Å². The zero-order valence-electron chi connectivity index (χ0n) is 6.43. The maximum absolute atomic E-state index is 5.54. The van der Waals surface area contributed by atoms with Crippen LogP contribution in [0, 0.1) is 0 Å². The summed E-state index contributed by atoms with van der Waals surface area (Å²) >= 11 is 0. The van der Waals surface area contributed by atoms with Crippen LogP contribution >= 0.6 is 0 Å². The summed E-state index contributed by atoms with van der Waals surface area (Å²) < 4.78 is 0. The van der Waals surface area contributed by atoms with Gasteiger partial charge in [-0.05, 0) is 26.7 Å². The molecule has 0 fully saturated rings. The van der Waals surface area contributed by atoms with Gasteiger partial charge in [0.1, 0.15) is 0 Å². The number of hydrogen-bond donors (Lipinski definition) is 2. The van der Waals surface area contributed by atoms with E-state index < -0.39 is 0 Å². The topological polar surface area (TPSA) is 52.0 Å². The van der Waals surface area contributed by atoms with Crippen molar-refractivity contribution in [3.63, 3.8) is 0 Å². The molecule has 2 heteroatoms. The van der Waals surface area contributed by atoms with Gasteiger partial charge in [0.2, 0.25) is 0 Å². The Balaban J connectivity index is 0.